The van der Waals surface area contributed by atoms with Crippen molar-refractivity contribution in [1.29, 1.82) is 0 Å². The van der Waals surface area contributed by atoms with Gasteiger partial charge in [-0.25, -0.2) is 19.9 Å². The standard InChI is InChI=1S/C31H38N6O4.C24H27N5O3.C7H13NO2/c1-20-9-10-22-17-23(28(40-3)18-25(22)34-20)26-19-33-29(35-26)24(36-30(39)21-11-14-37(2)15-12-21)7-5-4-6-8-27(38)31-32-13-16-41-31;1-15-8-9-16-12-17(22(31-2)13-19(16)28-15)20-14-27-23(29-20)18(25)6-4-3-5-7-21(30)24-26-10-11-32-24;1-8-4-2-6(3-5-8)7(9)10/h9-10,13,16-19,21,24H,4-8,11-12,14-15H2,1-3H3,(H,33,35)(H,36,39);8-14,18H,3-7,25H2,1-2H3,(H,27,29);6H,2-5H2,1H3,(H,9,10)/t24-;18-;/m00./s1. The molecule has 21 nitrogen and oxygen atoms in total. The molecule has 2 atom stereocenters. The van der Waals surface area contributed by atoms with Crippen molar-refractivity contribution in [3.8, 4) is 34.0 Å². The van der Waals surface area contributed by atoms with E-state index in [-0.39, 0.29) is 53.2 Å². The molecule has 2 aliphatic rings. The Labute approximate surface area is 483 Å². The summed E-state index contributed by atoms with van der Waals surface area (Å²) in [5, 5.41) is 13.9. The number of amides is 1. The van der Waals surface area contributed by atoms with Crippen molar-refractivity contribution in [1.82, 2.24) is 55.0 Å². The Bertz CT molecular complexity index is 3380. The average molecular weight is 1140 g/mol. The minimum absolute atomic E-state index is 0.00177. The topological polar surface area (TPSA) is 287 Å². The molecule has 10 rings (SSSR count). The number of imidazole rings is 2. The van der Waals surface area contributed by atoms with Crippen LogP contribution < -0.4 is 20.5 Å². The highest BCUT2D eigenvalue weighted by molar-refractivity contribution is 5.92. The molecule has 0 aliphatic carbocycles. The Kier molecular flexibility index (Phi) is 21.8. The van der Waals surface area contributed by atoms with E-state index >= 15 is 0 Å². The second-order valence-electron chi connectivity index (χ2n) is 21.6. The number of carbonyl (C=O) groups excluding carboxylic acids is 3. The molecule has 21 heteroatoms. The van der Waals surface area contributed by atoms with Crippen LogP contribution in [0.4, 0.5) is 0 Å². The molecule has 83 heavy (non-hydrogen) atoms. The number of ketones is 2. The van der Waals surface area contributed by atoms with Crippen LogP contribution in [0.1, 0.15) is 146 Å². The van der Waals surface area contributed by atoms with Gasteiger partial charge in [-0.3, -0.25) is 29.1 Å². The van der Waals surface area contributed by atoms with Gasteiger partial charge in [0.25, 0.3) is 11.8 Å². The quantitative estimate of drug-likeness (QED) is 0.0294. The monoisotopic (exact) mass is 1130 g/mol. The number of nitrogens with two attached hydrogens (primary N) is 1. The summed E-state index contributed by atoms with van der Waals surface area (Å²) in [7, 11) is 7.41. The first-order chi connectivity index (χ1) is 40.2. The maximum Gasteiger partial charge on any atom is 0.306 e. The fourth-order valence-corrected chi connectivity index (χ4v) is 10.4. The highest BCUT2D eigenvalue weighted by atomic mass is 16.5. The number of hydrogen-bond acceptors (Lipinski definition) is 17. The van der Waals surface area contributed by atoms with Crippen LogP contribution in [0, 0.1) is 25.7 Å². The molecule has 0 saturated carbocycles. The summed E-state index contributed by atoms with van der Waals surface area (Å²) in [4.78, 5) is 85.3. The molecular weight excluding hydrogens is 1060 g/mol. The lowest BCUT2D eigenvalue weighted by Gasteiger charge is -2.29. The summed E-state index contributed by atoms with van der Waals surface area (Å²) in [6, 6.07) is 15.6. The number of carboxylic acids is 1. The number of unbranched alkanes of at least 4 members (excludes halogenated alkanes) is 4. The van der Waals surface area contributed by atoms with Gasteiger partial charge < -0.3 is 54.2 Å². The maximum atomic E-state index is 13.3. The van der Waals surface area contributed by atoms with Gasteiger partial charge in [0, 0.05) is 64.2 Å². The zero-order valence-electron chi connectivity index (χ0n) is 48.5. The van der Waals surface area contributed by atoms with Gasteiger partial charge in [0.2, 0.25) is 17.5 Å². The van der Waals surface area contributed by atoms with E-state index in [4.69, 9.17) is 34.1 Å². The molecule has 2 fully saturated rings. The average Bonchev–Trinajstić information content (AvgIpc) is 4.51. The number of fused-ring (bicyclic) bond motifs is 2. The summed E-state index contributed by atoms with van der Waals surface area (Å²) in [6.45, 7) is 7.63. The van der Waals surface area contributed by atoms with Gasteiger partial charge in [-0.05, 0) is 130 Å². The van der Waals surface area contributed by atoms with E-state index in [1.165, 1.54) is 24.9 Å². The van der Waals surface area contributed by atoms with Gasteiger partial charge in [-0.15, -0.1) is 0 Å². The summed E-state index contributed by atoms with van der Waals surface area (Å²) < 4.78 is 21.4. The van der Waals surface area contributed by atoms with E-state index in [0.29, 0.717) is 30.8 Å². The number of piperidine rings is 2. The Hall–Kier alpha value is -8.14. The Morgan fingerprint density at radius 2 is 1.12 bits per heavy atom. The Morgan fingerprint density at radius 1 is 0.651 bits per heavy atom. The number of pyridine rings is 2. The van der Waals surface area contributed by atoms with Gasteiger partial charge in [-0.1, -0.05) is 37.8 Å². The van der Waals surface area contributed by atoms with Crippen LogP contribution in [0.5, 0.6) is 11.5 Å². The molecule has 2 aliphatic heterocycles. The number of nitrogens with one attached hydrogen (secondary N) is 3. The number of H-pyrrole nitrogens is 2. The van der Waals surface area contributed by atoms with Crippen LogP contribution in [0.3, 0.4) is 0 Å². The van der Waals surface area contributed by atoms with Crippen LogP contribution in [0.25, 0.3) is 44.3 Å². The second kappa shape index (κ2) is 29.7. The third-order valence-electron chi connectivity index (χ3n) is 15.4. The Morgan fingerprint density at radius 3 is 1.59 bits per heavy atom. The first kappa shape index (κ1) is 60.9. The lowest BCUT2D eigenvalue weighted by molar-refractivity contribution is -0.143. The molecule has 6 N–H and O–H groups in total. The van der Waals surface area contributed by atoms with E-state index in [1.807, 2.05) is 51.2 Å². The summed E-state index contributed by atoms with van der Waals surface area (Å²) in [6.07, 6.45) is 20.0. The predicted octanol–water partition coefficient (Wildman–Crippen LogP) is 10.4. The first-order valence-electron chi connectivity index (χ1n) is 28.7. The van der Waals surface area contributed by atoms with Crippen molar-refractivity contribution < 1.29 is 42.6 Å². The number of oxazole rings is 2. The molecule has 1 amide bonds. The Balaban J connectivity index is 0.000000189. The van der Waals surface area contributed by atoms with Crippen molar-refractivity contribution in [2.24, 2.45) is 17.6 Å². The third kappa shape index (κ3) is 17.0. The summed E-state index contributed by atoms with van der Waals surface area (Å²) in [5.74, 6) is 2.42. The van der Waals surface area contributed by atoms with Gasteiger partial charge in [0.05, 0.1) is 79.4 Å². The number of Topliss-reactive ketones (excluding diaryl/α,β-unsaturated/α-hetero) is 2. The number of aromatic amines is 2. The van der Waals surface area contributed by atoms with E-state index in [1.54, 1.807) is 26.6 Å². The zero-order chi connectivity index (χ0) is 58.8. The second-order valence-corrected chi connectivity index (χ2v) is 21.6. The number of rotatable bonds is 23. The third-order valence-corrected chi connectivity index (χ3v) is 15.4. The SMILES string of the molecule is CN1CCC(C(=O)O)CC1.COc1cc2nc(C)ccc2cc1-c1cnc([C@@H](N)CCCCCC(=O)c2ncco2)[nH]1.COc1cc2nc(C)ccc2cc1-c1cnc([C@H](CCCCCC(=O)c2ncco2)NC(=O)C2CCN(C)CC2)[nH]1. The molecule has 0 spiro atoms. The van der Waals surface area contributed by atoms with Crippen LogP contribution in [-0.2, 0) is 9.59 Å². The van der Waals surface area contributed by atoms with Crippen molar-refractivity contribution in [2.45, 2.75) is 116 Å². The van der Waals surface area contributed by atoms with E-state index in [2.05, 4.69) is 75.3 Å². The minimum Gasteiger partial charge on any atom is -0.496 e. The molecule has 0 radical (unpaired) electrons. The number of aryl methyl sites for hydroxylation is 2. The van der Waals surface area contributed by atoms with Gasteiger partial charge >= 0.3 is 5.97 Å². The number of aromatic nitrogens is 8. The van der Waals surface area contributed by atoms with Crippen molar-refractivity contribution in [3.63, 3.8) is 0 Å². The number of aliphatic carboxylic acids is 1. The van der Waals surface area contributed by atoms with E-state index in [0.717, 1.165) is 164 Å². The van der Waals surface area contributed by atoms with Gasteiger partial charge in [0.1, 0.15) is 35.7 Å². The smallest absolute Gasteiger partial charge is 0.306 e. The number of methoxy groups -OCH3 is 2. The highest BCUT2D eigenvalue weighted by Crippen LogP contribution is 2.36. The number of hydrogen-bond donors (Lipinski definition) is 5. The predicted molar refractivity (Wildman–Crippen MR) is 315 cm³/mol. The normalized spacial score (nSPS) is 15.0. The van der Waals surface area contributed by atoms with Crippen LogP contribution >= 0.6 is 0 Å². The highest BCUT2D eigenvalue weighted by Gasteiger charge is 2.28. The molecule has 2 saturated heterocycles. The number of likely N-dealkylation sites (tertiary alicyclic amines) is 2. The summed E-state index contributed by atoms with van der Waals surface area (Å²) in [5.41, 5.74) is 13.5. The number of ether oxygens (including phenoxy) is 2. The van der Waals surface area contributed by atoms with Crippen LogP contribution in [-0.4, -0.2) is 133 Å². The molecular formula is C62H78N12O9. The van der Waals surface area contributed by atoms with Crippen LogP contribution in [0.2, 0.25) is 0 Å². The first-order valence-corrected chi connectivity index (χ1v) is 28.7. The summed E-state index contributed by atoms with van der Waals surface area (Å²) >= 11 is 0. The number of nitrogens with zero attached hydrogens (tertiary/aromatic N) is 8. The zero-order valence-corrected chi connectivity index (χ0v) is 48.5. The minimum atomic E-state index is -0.631. The largest absolute Gasteiger partial charge is 0.496 e. The molecule has 2 aromatic carbocycles. The van der Waals surface area contributed by atoms with Crippen molar-refractivity contribution in [2.75, 3.05) is 54.5 Å². The van der Waals surface area contributed by atoms with E-state index in [9.17, 15) is 19.2 Å². The molecule has 8 heterocycles. The van der Waals surface area contributed by atoms with Gasteiger partial charge in [0.15, 0.2) is 0 Å². The van der Waals surface area contributed by atoms with Crippen LogP contribution in [0.15, 0.2) is 94.7 Å². The fourth-order valence-electron chi connectivity index (χ4n) is 10.4. The van der Waals surface area contributed by atoms with Crippen molar-refractivity contribution >= 4 is 45.2 Å². The lowest BCUT2D eigenvalue weighted by Crippen LogP contribution is -2.40. The molecule has 6 aromatic heterocycles. The maximum absolute atomic E-state index is 13.3. The van der Waals surface area contributed by atoms with Gasteiger partial charge in [-0.2, -0.15) is 0 Å². The molecule has 0 unspecified atom stereocenters. The van der Waals surface area contributed by atoms with E-state index < -0.39 is 5.97 Å². The molecule has 0 bridgehead atoms. The fraction of sp³-hybridized carbons (Fsp3) is 0.452. The number of benzene rings is 2. The number of carboxylic acid groups (broad SMARTS) is 1. The lowest BCUT2D eigenvalue weighted by atomic mass is 9.95. The molecule has 8 aromatic rings. The number of carbonyl (C=O) groups is 4. The van der Waals surface area contributed by atoms with Crippen molar-refractivity contribution in [3.05, 3.63) is 121 Å². The molecule has 440 valence electrons.